The summed E-state index contributed by atoms with van der Waals surface area (Å²) in [5, 5.41) is 3.01. The maximum atomic E-state index is 12.1. The van der Waals surface area contributed by atoms with Crippen LogP contribution in [0.1, 0.15) is 31.6 Å². The maximum absolute atomic E-state index is 12.1. The molecule has 6 heteroatoms. The zero-order valence-corrected chi connectivity index (χ0v) is 12.1. The minimum Gasteiger partial charge on any atom is -0.315 e. The Labute approximate surface area is 107 Å². The first-order valence-corrected chi connectivity index (χ1v) is 8.09. The molecule has 1 aromatic rings. The molecule has 0 atom stereocenters. The van der Waals surface area contributed by atoms with Gasteiger partial charge in [0.2, 0.25) is 10.0 Å². The van der Waals surface area contributed by atoms with Crippen molar-refractivity contribution in [2.45, 2.75) is 43.5 Å². The Balaban J connectivity index is 2.81. The van der Waals surface area contributed by atoms with Crippen molar-refractivity contribution in [1.29, 1.82) is 0 Å². The van der Waals surface area contributed by atoms with E-state index in [1.807, 2.05) is 27.0 Å². The van der Waals surface area contributed by atoms with Crippen LogP contribution in [0.15, 0.2) is 16.3 Å². The van der Waals surface area contributed by atoms with Gasteiger partial charge in [0.1, 0.15) is 4.21 Å². The van der Waals surface area contributed by atoms with Crippen molar-refractivity contribution < 1.29 is 8.42 Å². The Morgan fingerprint density at radius 1 is 1.29 bits per heavy atom. The molecule has 0 aliphatic heterocycles. The second-order valence-electron chi connectivity index (χ2n) is 3.89. The van der Waals surface area contributed by atoms with Gasteiger partial charge in [0.05, 0.1) is 0 Å². The molecule has 0 fully saturated rings. The van der Waals surface area contributed by atoms with Crippen LogP contribution in [0.25, 0.3) is 0 Å². The highest BCUT2D eigenvalue weighted by molar-refractivity contribution is 7.91. The molecule has 1 heterocycles. The molecule has 0 aliphatic rings. The normalized spacial score (nSPS) is 12.2. The van der Waals surface area contributed by atoms with E-state index in [0.717, 1.165) is 17.7 Å². The first kappa shape index (κ1) is 14.6. The summed E-state index contributed by atoms with van der Waals surface area (Å²) < 4.78 is 27.2. The van der Waals surface area contributed by atoms with E-state index >= 15 is 0 Å². The third kappa shape index (κ3) is 4.06. The summed E-state index contributed by atoms with van der Waals surface area (Å²) in [6.07, 6.45) is 1.62. The zero-order chi connectivity index (χ0) is 12.9. The van der Waals surface area contributed by atoms with Gasteiger partial charge in [0.15, 0.2) is 0 Å². The number of hydrogen-bond donors (Lipinski definition) is 2. The topological polar surface area (TPSA) is 58.2 Å². The van der Waals surface area contributed by atoms with Gasteiger partial charge >= 0.3 is 0 Å². The Morgan fingerprint density at radius 2 is 1.94 bits per heavy atom. The van der Waals surface area contributed by atoms with Crippen LogP contribution in [-0.4, -0.2) is 21.5 Å². The lowest BCUT2D eigenvalue weighted by molar-refractivity contribution is 0.531. The maximum Gasteiger partial charge on any atom is 0.250 e. The van der Waals surface area contributed by atoms with Crippen molar-refractivity contribution >= 4 is 21.4 Å². The summed E-state index contributed by atoms with van der Waals surface area (Å²) in [6, 6.07) is 3.54. The summed E-state index contributed by atoms with van der Waals surface area (Å²) in [5.41, 5.74) is 0. The third-order valence-electron chi connectivity index (χ3n) is 2.56. The molecule has 0 saturated carbocycles. The van der Waals surface area contributed by atoms with Crippen LogP contribution in [0.3, 0.4) is 0 Å². The van der Waals surface area contributed by atoms with Crippen LogP contribution in [0.2, 0.25) is 0 Å². The largest absolute Gasteiger partial charge is 0.315 e. The Morgan fingerprint density at radius 3 is 2.47 bits per heavy atom. The van der Waals surface area contributed by atoms with Gasteiger partial charge in [-0.2, -0.15) is 0 Å². The van der Waals surface area contributed by atoms with Crippen molar-refractivity contribution in [1.82, 2.24) is 10.0 Å². The van der Waals surface area contributed by atoms with Crippen molar-refractivity contribution in [3.8, 4) is 0 Å². The van der Waals surface area contributed by atoms with Crippen LogP contribution >= 0.6 is 11.3 Å². The van der Waals surface area contributed by atoms with Crippen molar-refractivity contribution in [2.75, 3.05) is 7.05 Å². The van der Waals surface area contributed by atoms with Gasteiger partial charge in [-0.15, -0.1) is 11.3 Å². The first-order valence-electron chi connectivity index (χ1n) is 5.79. The molecular weight excluding hydrogens is 256 g/mol. The highest BCUT2D eigenvalue weighted by Crippen LogP contribution is 2.22. The molecule has 4 nitrogen and oxygen atoms in total. The molecule has 1 aromatic heterocycles. The van der Waals surface area contributed by atoms with Gasteiger partial charge in [0.25, 0.3) is 0 Å². The fourth-order valence-corrected chi connectivity index (χ4v) is 4.29. The molecule has 0 spiro atoms. The first-order chi connectivity index (χ1) is 8.03. The highest BCUT2D eigenvalue weighted by atomic mass is 32.2. The molecule has 0 saturated heterocycles. The summed E-state index contributed by atoms with van der Waals surface area (Å²) in [5.74, 6) is 0. The van der Waals surface area contributed by atoms with E-state index < -0.39 is 10.0 Å². The summed E-state index contributed by atoms with van der Waals surface area (Å²) in [6.45, 7) is 4.67. The second-order valence-corrected chi connectivity index (χ2v) is 6.99. The predicted molar refractivity (Wildman–Crippen MR) is 71.8 cm³/mol. The smallest absolute Gasteiger partial charge is 0.250 e. The van der Waals surface area contributed by atoms with Crippen LogP contribution in [0.5, 0.6) is 0 Å². The zero-order valence-electron chi connectivity index (χ0n) is 10.5. The molecule has 17 heavy (non-hydrogen) atoms. The molecule has 0 unspecified atom stereocenters. The Hall–Kier alpha value is -0.430. The van der Waals surface area contributed by atoms with Gasteiger partial charge in [-0.05, 0) is 32.0 Å². The molecular formula is C11H20N2O2S2. The van der Waals surface area contributed by atoms with Gasteiger partial charge < -0.3 is 5.32 Å². The van der Waals surface area contributed by atoms with Gasteiger partial charge in [-0.1, -0.05) is 13.8 Å². The van der Waals surface area contributed by atoms with Gasteiger partial charge in [-0.3, -0.25) is 0 Å². The van der Waals surface area contributed by atoms with Crippen LogP contribution in [0.4, 0.5) is 0 Å². The molecule has 0 amide bonds. The lowest BCUT2D eigenvalue weighted by atomic mass is 10.2. The fourth-order valence-electron chi connectivity index (χ4n) is 1.50. The number of nitrogens with one attached hydrogen (secondary N) is 2. The fraction of sp³-hybridized carbons (Fsp3) is 0.636. The second kappa shape index (κ2) is 6.49. The number of sulfonamides is 1. The van der Waals surface area contributed by atoms with Crippen LogP contribution in [0, 0.1) is 0 Å². The van der Waals surface area contributed by atoms with Crippen LogP contribution < -0.4 is 10.0 Å². The minimum atomic E-state index is -3.34. The molecule has 0 aliphatic carbocycles. The quantitative estimate of drug-likeness (QED) is 0.800. The van der Waals surface area contributed by atoms with E-state index in [1.165, 1.54) is 11.3 Å². The predicted octanol–water partition coefficient (Wildman–Crippen LogP) is 1.93. The van der Waals surface area contributed by atoms with Crippen molar-refractivity contribution in [2.24, 2.45) is 0 Å². The SMILES string of the molecule is CCC(CC)NS(=O)(=O)c1ccc(CNC)s1. The van der Waals surface area contributed by atoms with E-state index in [1.54, 1.807) is 6.07 Å². The molecule has 0 aromatic carbocycles. The average Bonchev–Trinajstić information content (AvgIpc) is 2.76. The molecule has 2 N–H and O–H groups in total. The van der Waals surface area contributed by atoms with E-state index in [0.29, 0.717) is 10.8 Å². The number of hydrogen-bond acceptors (Lipinski definition) is 4. The monoisotopic (exact) mass is 276 g/mol. The lowest BCUT2D eigenvalue weighted by Gasteiger charge is -2.13. The van der Waals surface area contributed by atoms with E-state index in [2.05, 4.69) is 10.0 Å². The number of rotatable bonds is 7. The van der Waals surface area contributed by atoms with E-state index in [-0.39, 0.29) is 6.04 Å². The van der Waals surface area contributed by atoms with E-state index in [9.17, 15) is 8.42 Å². The molecule has 98 valence electrons. The van der Waals surface area contributed by atoms with Crippen LogP contribution in [-0.2, 0) is 16.6 Å². The van der Waals surface area contributed by atoms with Gasteiger partial charge in [0, 0.05) is 17.5 Å². The van der Waals surface area contributed by atoms with Crippen molar-refractivity contribution in [3.05, 3.63) is 17.0 Å². The summed E-state index contributed by atoms with van der Waals surface area (Å²) in [7, 11) is -1.50. The molecule has 0 radical (unpaired) electrons. The summed E-state index contributed by atoms with van der Waals surface area (Å²) in [4.78, 5) is 1.03. The van der Waals surface area contributed by atoms with Gasteiger partial charge in [-0.25, -0.2) is 13.1 Å². The average molecular weight is 276 g/mol. The minimum absolute atomic E-state index is 0.0230. The lowest BCUT2D eigenvalue weighted by Crippen LogP contribution is -2.33. The van der Waals surface area contributed by atoms with E-state index in [4.69, 9.17) is 0 Å². The third-order valence-corrected chi connectivity index (χ3v) is 5.66. The number of thiophene rings is 1. The molecule has 1 rings (SSSR count). The Kier molecular flexibility index (Phi) is 5.58. The highest BCUT2D eigenvalue weighted by Gasteiger charge is 2.19. The summed E-state index contributed by atoms with van der Waals surface area (Å²) >= 11 is 1.31. The van der Waals surface area contributed by atoms with Crippen molar-refractivity contribution in [3.63, 3.8) is 0 Å². The Bertz CT molecular complexity index is 436. The standard InChI is InChI=1S/C11H20N2O2S2/c1-4-9(5-2)13-17(14,15)11-7-6-10(16-11)8-12-3/h6-7,9,12-13H,4-5,8H2,1-3H3. The molecule has 0 bridgehead atoms.